The maximum absolute atomic E-state index is 12.5. The van der Waals surface area contributed by atoms with Crippen LogP contribution in [-0.2, 0) is 4.79 Å². The molecule has 0 aliphatic carbocycles. The smallest absolute Gasteiger partial charge is 0.491 e. The average molecular weight is 366 g/mol. The monoisotopic (exact) mass is 366 g/mol. The molecule has 0 saturated carbocycles. The number of ketones is 1. The Labute approximate surface area is 146 Å². The van der Waals surface area contributed by atoms with Crippen LogP contribution in [0.2, 0.25) is 0 Å². The normalized spacial score (nSPS) is 16.5. The van der Waals surface area contributed by atoms with Crippen LogP contribution in [0.1, 0.15) is 28.4 Å². The van der Waals surface area contributed by atoms with E-state index in [1.807, 2.05) is 0 Å². The van der Waals surface area contributed by atoms with Crippen molar-refractivity contribution < 1.29 is 37.0 Å². The lowest BCUT2D eigenvalue weighted by molar-refractivity contribution is -0.189. The van der Waals surface area contributed by atoms with Crippen molar-refractivity contribution in [1.82, 2.24) is 0 Å². The van der Waals surface area contributed by atoms with Gasteiger partial charge in [-0.3, -0.25) is 4.79 Å². The number of carbonyl (C=O) groups is 2. The van der Waals surface area contributed by atoms with Gasteiger partial charge in [0.25, 0.3) is 0 Å². The molecule has 1 aliphatic heterocycles. The molecule has 0 bridgehead atoms. The molecule has 1 atom stereocenters. The number of rotatable bonds is 3. The van der Waals surface area contributed by atoms with Gasteiger partial charge in [-0.05, 0) is 5.56 Å². The van der Waals surface area contributed by atoms with E-state index >= 15 is 0 Å². The first-order chi connectivity index (χ1) is 12.3. The van der Waals surface area contributed by atoms with Gasteiger partial charge in [0.15, 0.2) is 5.78 Å². The van der Waals surface area contributed by atoms with Crippen LogP contribution in [0.15, 0.2) is 42.5 Å². The topological polar surface area (TPSA) is 61.8 Å². The minimum absolute atomic E-state index is 0.000530. The zero-order valence-corrected chi connectivity index (χ0v) is 13.5. The van der Waals surface area contributed by atoms with Crippen LogP contribution >= 0.6 is 0 Å². The first-order valence-electron chi connectivity index (χ1n) is 7.55. The minimum Gasteiger partial charge on any atom is -0.496 e. The van der Waals surface area contributed by atoms with E-state index < -0.39 is 29.8 Å². The van der Waals surface area contributed by atoms with Gasteiger partial charge in [0.2, 0.25) is 0 Å². The van der Waals surface area contributed by atoms with Gasteiger partial charge in [0.1, 0.15) is 28.9 Å². The van der Waals surface area contributed by atoms with Gasteiger partial charge in [-0.1, -0.05) is 30.3 Å². The minimum atomic E-state index is -5.19. The van der Waals surface area contributed by atoms with Gasteiger partial charge in [-0.15, -0.1) is 0 Å². The Hall–Kier alpha value is -3.03. The first-order valence-corrected chi connectivity index (χ1v) is 7.55. The van der Waals surface area contributed by atoms with Crippen molar-refractivity contribution in [2.75, 3.05) is 7.11 Å². The molecular formula is C18H13F3O5. The van der Waals surface area contributed by atoms with E-state index in [0.717, 1.165) is 11.6 Å². The Morgan fingerprint density at radius 1 is 1.19 bits per heavy atom. The van der Waals surface area contributed by atoms with E-state index in [4.69, 9.17) is 9.47 Å². The molecule has 1 aliphatic rings. The van der Waals surface area contributed by atoms with Crippen molar-refractivity contribution >= 4 is 11.8 Å². The molecule has 3 rings (SSSR count). The van der Waals surface area contributed by atoms with E-state index in [0.29, 0.717) is 0 Å². The number of ether oxygens (including phenoxy) is 3. The lowest BCUT2D eigenvalue weighted by atomic mass is 9.95. The molecule has 2 aromatic carbocycles. The average Bonchev–Trinajstić information content (AvgIpc) is 2.60. The molecule has 2 aromatic rings. The predicted molar refractivity (Wildman–Crippen MR) is 83.4 cm³/mol. The molecule has 0 N–H and O–H groups in total. The molecule has 0 radical (unpaired) electrons. The highest BCUT2D eigenvalue weighted by atomic mass is 19.4. The number of halogens is 3. The summed E-state index contributed by atoms with van der Waals surface area (Å²) in [7, 11) is 1.29. The number of alkyl halides is 3. The first kappa shape index (κ1) is 17.8. The third-order valence-electron chi connectivity index (χ3n) is 3.80. The SMILES string of the molecule is COc1cc(OC(=O)C(F)(F)F)c2c(c1)OC(c1ccccc1)CC2=O. The molecule has 136 valence electrons. The van der Waals surface area contributed by atoms with E-state index in [1.54, 1.807) is 30.3 Å². The molecule has 1 heterocycles. The largest absolute Gasteiger partial charge is 0.496 e. The summed E-state index contributed by atoms with van der Waals surface area (Å²) in [5.41, 5.74) is 0.527. The second-order valence-electron chi connectivity index (χ2n) is 5.53. The molecule has 0 fully saturated rings. The molecule has 0 amide bonds. The van der Waals surface area contributed by atoms with Gasteiger partial charge < -0.3 is 14.2 Å². The van der Waals surface area contributed by atoms with Crippen molar-refractivity contribution in [3.05, 3.63) is 53.6 Å². The summed E-state index contributed by atoms with van der Waals surface area (Å²) < 4.78 is 52.7. The summed E-state index contributed by atoms with van der Waals surface area (Å²) in [6.45, 7) is 0. The maximum atomic E-state index is 12.5. The van der Waals surface area contributed by atoms with Crippen LogP contribution in [-0.4, -0.2) is 25.0 Å². The zero-order valence-electron chi connectivity index (χ0n) is 13.5. The fraction of sp³-hybridized carbons (Fsp3) is 0.222. The quantitative estimate of drug-likeness (QED) is 0.610. The van der Waals surface area contributed by atoms with Crippen LogP contribution in [0.25, 0.3) is 0 Å². The number of fused-ring (bicyclic) bond motifs is 1. The second-order valence-corrected chi connectivity index (χ2v) is 5.53. The highest BCUT2D eigenvalue weighted by Gasteiger charge is 2.43. The molecule has 0 aromatic heterocycles. The summed E-state index contributed by atoms with van der Waals surface area (Å²) in [6.07, 6.45) is -5.89. The Bertz CT molecular complexity index is 846. The van der Waals surface area contributed by atoms with Crippen LogP contribution < -0.4 is 14.2 Å². The number of Topliss-reactive ketones (excluding diaryl/α,β-unsaturated/α-hetero) is 1. The van der Waals surface area contributed by atoms with Gasteiger partial charge in [0.05, 0.1) is 13.5 Å². The molecule has 0 saturated heterocycles. The molecule has 26 heavy (non-hydrogen) atoms. The van der Waals surface area contributed by atoms with Crippen molar-refractivity contribution in [2.24, 2.45) is 0 Å². The number of hydrogen-bond donors (Lipinski definition) is 0. The van der Waals surface area contributed by atoms with Gasteiger partial charge >= 0.3 is 12.1 Å². The number of hydrogen-bond acceptors (Lipinski definition) is 5. The summed E-state index contributed by atoms with van der Waals surface area (Å²) >= 11 is 0. The predicted octanol–water partition coefficient (Wildman–Crippen LogP) is 3.87. The maximum Gasteiger partial charge on any atom is 0.491 e. The van der Waals surface area contributed by atoms with E-state index in [9.17, 15) is 22.8 Å². The van der Waals surface area contributed by atoms with Crippen LogP contribution in [0.5, 0.6) is 17.2 Å². The lowest BCUT2D eigenvalue weighted by Crippen LogP contribution is -2.29. The number of methoxy groups -OCH3 is 1. The fourth-order valence-electron chi connectivity index (χ4n) is 2.61. The van der Waals surface area contributed by atoms with Crippen LogP contribution in [0.4, 0.5) is 13.2 Å². The number of esters is 1. The van der Waals surface area contributed by atoms with E-state index in [1.165, 1.54) is 13.2 Å². The van der Waals surface area contributed by atoms with Gasteiger partial charge in [-0.25, -0.2) is 4.79 Å². The highest BCUT2D eigenvalue weighted by molar-refractivity contribution is 6.03. The number of benzene rings is 2. The van der Waals surface area contributed by atoms with Crippen molar-refractivity contribution in [2.45, 2.75) is 18.7 Å². The Balaban J connectivity index is 2.00. The van der Waals surface area contributed by atoms with Crippen molar-refractivity contribution in [3.63, 3.8) is 0 Å². The zero-order chi connectivity index (χ0) is 18.9. The second kappa shape index (κ2) is 6.70. The summed E-state index contributed by atoms with van der Waals surface area (Å²) in [5, 5.41) is 0. The van der Waals surface area contributed by atoms with Crippen molar-refractivity contribution in [1.29, 1.82) is 0 Å². The summed E-state index contributed by atoms with van der Waals surface area (Å²) in [6, 6.07) is 11.3. The summed E-state index contributed by atoms with van der Waals surface area (Å²) in [4.78, 5) is 23.7. The standard InChI is InChI=1S/C18H13F3O5/c1-24-11-7-14-16(15(8-11)26-17(23)18(19,20)21)12(22)9-13(25-14)10-5-3-2-4-6-10/h2-8,13H,9H2,1H3. The van der Waals surface area contributed by atoms with Crippen molar-refractivity contribution in [3.8, 4) is 17.2 Å². The molecule has 8 heteroatoms. The molecule has 1 unspecified atom stereocenters. The Morgan fingerprint density at radius 3 is 2.50 bits per heavy atom. The number of carbonyl (C=O) groups excluding carboxylic acids is 2. The summed E-state index contributed by atoms with van der Waals surface area (Å²) in [5.74, 6) is -3.37. The van der Waals surface area contributed by atoms with Gasteiger partial charge in [-0.2, -0.15) is 13.2 Å². The van der Waals surface area contributed by atoms with Gasteiger partial charge in [0, 0.05) is 12.1 Å². The van der Waals surface area contributed by atoms with E-state index in [-0.39, 0.29) is 23.5 Å². The Kier molecular flexibility index (Phi) is 4.58. The van der Waals surface area contributed by atoms with E-state index in [2.05, 4.69) is 4.74 Å². The highest BCUT2D eigenvalue weighted by Crippen LogP contribution is 2.42. The third kappa shape index (κ3) is 3.49. The lowest BCUT2D eigenvalue weighted by Gasteiger charge is -2.27. The van der Waals surface area contributed by atoms with Crippen LogP contribution in [0, 0.1) is 0 Å². The Morgan fingerprint density at radius 2 is 1.88 bits per heavy atom. The fourth-order valence-corrected chi connectivity index (χ4v) is 2.61. The molecule has 0 spiro atoms. The van der Waals surface area contributed by atoms with Crippen LogP contribution in [0.3, 0.4) is 0 Å². The third-order valence-corrected chi connectivity index (χ3v) is 3.80. The molecular weight excluding hydrogens is 353 g/mol. The molecule has 5 nitrogen and oxygen atoms in total.